The largest absolute Gasteiger partial charge is 0.456 e. The summed E-state index contributed by atoms with van der Waals surface area (Å²) in [5.74, 6) is 1.56. The molecule has 1 atom stereocenters. The van der Waals surface area contributed by atoms with E-state index in [4.69, 9.17) is 4.74 Å². The summed E-state index contributed by atoms with van der Waals surface area (Å²) in [5, 5.41) is 9.71. The minimum absolute atomic E-state index is 0.496. The molecule has 1 aromatic carbocycles. The second kappa shape index (κ2) is 5.63. The summed E-state index contributed by atoms with van der Waals surface area (Å²) >= 11 is 0. The molecule has 1 aliphatic carbocycles. The van der Waals surface area contributed by atoms with Crippen molar-refractivity contribution in [3.63, 3.8) is 0 Å². The lowest BCUT2D eigenvalue weighted by Crippen LogP contribution is -1.98. The predicted molar refractivity (Wildman–Crippen MR) is 78.0 cm³/mol. The molecule has 3 nitrogen and oxygen atoms in total. The van der Waals surface area contributed by atoms with Crippen molar-refractivity contribution in [2.24, 2.45) is 0 Å². The van der Waals surface area contributed by atoms with Crippen LogP contribution >= 0.6 is 0 Å². The SMILES string of the molecule is CC[C@H](O)c1ccc(Oc2ccc3c(c2)CCC3)cn1. The van der Waals surface area contributed by atoms with Crippen LogP contribution in [-0.2, 0) is 12.8 Å². The van der Waals surface area contributed by atoms with E-state index in [1.807, 2.05) is 25.1 Å². The highest BCUT2D eigenvalue weighted by atomic mass is 16.5. The number of aryl methyl sites for hydroxylation is 2. The molecule has 0 saturated heterocycles. The van der Waals surface area contributed by atoms with Gasteiger partial charge in [0, 0.05) is 0 Å². The van der Waals surface area contributed by atoms with Crippen LogP contribution in [0.3, 0.4) is 0 Å². The molecule has 1 aliphatic rings. The number of aliphatic hydroxyl groups is 1. The minimum atomic E-state index is -0.496. The van der Waals surface area contributed by atoms with Crippen molar-refractivity contribution in [2.45, 2.75) is 38.7 Å². The van der Waals surface area contributed by atoms with Crippen LogP contribution in [-0.4, -0.2) is 10.1 Å². The standard InChI is InChI=1S/C17H19NO2/c1-2-17(19)16-9-8-15(11-18-16)20-14-7-6-12-4-3-5-13(12)10-14/h6-11,17,19H,2-5H2,1H3/t17-/m0/s1. The van der Waals surface area contributed by atoms with E-state index in [1.165, 1.54) is 24.0 Å². The maximum Gasteiger partial charge on any atom is 0.145 e. The second-order valence-corrected chi connectivity index (χ2v) is 5.23. The number of aromatic nitrogens is 1. The summed E-state index contributed by atoms with van der Waals surface area (Å²) in [6.07, 6.45) is 5.40. The Morgan fingerprint density at radius 1 is 1.15 bits per heavy atom. The van der Waals surface area contributed by atoms with E-state index in [2.05, 4.69) is 17.1 Å². The molecule has 0 amide bonds. The van der Waals surface area contributed by atoms with Gasteiger partial charge in [0.2, 0.25) is 0 Å². The minimum Gasteiger partial charge on any atom is -0.456 e. The Morgan fingerprint density at radius 3 is 2.70 bits per heavy atom. The number of benzene rings is 1. The summed E-state index contributed by atoms with van der Waals surface area (Å²) in [7, 11) is 0. The van der Waals surface area contributed by atoms with Gasteiger partial charge in [-0.3, -0.25) is 4.98 Å². The summed E-state index contributed by atoms with van der Waals surface area (Å²) in [5.41, 5.74) is 3.53. The second-order valence-electron chi connectivity index (χ2n) is 5.23. The number of hydrogen-bond donors (Lipinski definition) is 1. The summed E-state index contributed by atoms with van der Waals surface area (Å²) < 4.78 is 5.83. The number of pyridine rings is 1. The number of hydrogen-bond acceptors (Lipinski definition) is 3. The van der Waals surface area contributed by atoms with Gasteiger partial charge in [0.1, 0.15) is 11.5 Å². The van der Waals surface area contributed by atoms with E-state index >= 15 is 0 Å². The number of nitrogens with zero attached hydrogens (tertiary/aromatic N) is 1. The summed E-state index contributed by atoms with van der Waals surface area (Å²) in [6.45, 7) is 1.93. The van der Waals surface area contributed by atoms with E-state index in [0.29, 0.717) is 17.9 Å². The van der Waals surface area contributed by atoms with Gasteiger partial charge in [-0.25, -0.2) is 0 Å². The van der Waals surface area contributed by atoms with Gasteiger partial charge in [0.05, 0.1) is 18.0 Å². The van der Waals surface area contributed by atoms with Crippen molar-refractivity contribution in [1.82, 2.24) is 4.98 Å². The van der Waals surface area contributed by atoms with Crippen LogP contribution in [0.25, 0.3) is 0 Å². The molecule has 20 heavy (non-hydrogen) atoms. The van der Waals surface area contributed by atoms with Crippen molar-refractivity contribution in [3.8, 4) is 11.5 Å². The quantitative estimate of drug-likeness (QED) is 0.917. The van der Waals surface area contributed by atoms with Crippen LogP contribution < -0.4 is 4.74 Å². The van der Waals surface area contributed by atoms with Crippen molar-refractivity contribution < 1.29 is 9.84 Å². The van der Waals surface area contributed by atoms with E-state index in [0.717, 1.165) is 12.2 Å². The molecule has 0 unspecified atom stereocenters. The zero-order valence-corrected chi connectivity index (χ0v) is 11.7. The van der Waals surface area contributed by atoms with Crippen LogP contribution in [0.5, 0.6) is 11.5 Å². The fraction of sp³-hybridized carbons (Fsp3) is 0.353. The average Bonchev–Trinajstić information content (AvgIpc) is 2.95. The third kappa shape index (κ3) is 2.68. The number of aliphatic hydroxyl groups excluding tert-OH is 1. The Hall–Kier alpha value is -1.87. The maximum absolute atomic E-state index is 9.71. The molecule has 3 rings (SSSR count). The lowest BCUT2D eigenvalue weighted by atomic mass is 10.1. The fourth-order valence-corrected chi connectivity index (χ4v) is 2.61. The fourth-order valence-electron chi connectivity index (χ4n) is 2.61. The monoisotopic (exact) mass is 269 g/mol. The van der Waals surface area contributed by atoms with Gasteiger partial charge < -0.3 is 9.84 Å². The number of fused-ring (bicyclic) bond motifs is 1. The van der Waals surface area contributed by atoms with E-state index < -0.39 is 6.10 Å². The Balaban J connectivity index is 1.74. The Morgan fingerprint density at radius 2 is 1.95 bits per heavy atom. The van der Waals surface area contributed by atoms with Crippen molar-refractivity contribution in [2.75, 3.05) is 0 Å². The number of rotatable bonds is 4. The predicted octanol–water partition coefficient (Wildman–Crippen LogP) is 3.81. The Kier molecular flexibility index (Phi) is 3.70. The molecule has 0 aliphatic heterocycles. The normalized spacial score (nSPS) is 14.9. The third-order valence-corrected chi connectivity index (χ3v) is 3.79. The smallest absolute Gasteiger partial charge is 0.145 e. The molecule has 0 spiro atoms. The molecule has 2 aromatic rings. The van der Waals surface area contributed by atoms with Crippen molar-refractivity contribution >= 4 is 0 Å². The third-order valence-electron chi connectivity index (χ3n) is 3.79. The van der Waals surface area contributed by atoms with E-state index in [1.54, 1.807) is 6.20 Å². The van der Waals surface area contributed by atoms with Gasteiger partial charge >= 0.3 is 0 Å². The van der Waals surface area contributed by atoms with Crippen molar-refractivity contribution in [1.29, 1.82) is 0 Å². The molecule has 3 heteroatoms. The van der Waals surface area contributed by atoms with Crippen molar-refractivity contribution in [3.05, 3.63) is 53.3 Å². The molecular weight excluding hydrogens is 250 g/mol. The first kappa shape index (κ1) is 13.1. The Bertz CT molecular complexity index is 592. The van der Waals surface area contributed by atoms with Crippen LogP contribution in [0.2, 0.25) is 0 Å². The average molecular weight is 269 g/mol. The van der Waals surface area contributed by atoms with E-state index in [9.17, 15) is 5.11 Å². The highest BCUT2D eigenvalue weighted by molar-refractivity contribution is 5.40. The van der Waals surface area contributed by atoms with Gasteiger partial charge in [-0.2, -0.15) is 0 Å². The van der Waals surface area contributed by atoms with E-state index in [-0.39, 0.29) is 0 Å². The molecular formula is C17H19NO2. The zero-order valence-electron chi connectivity index (χ0n) is 11.7. The van der Waals surface area contributed by atoms with Gasteiger partial charge in [-0.1, -0.05) is 13.0 Å². The lowest BCUT2D eigenvalue weighted by Gasteiger charge is -2.10. The van der Waals surface area contributed by atoms with Crippen LogP contribution in [0.15, 0.2) is 36.5 Å². The molecule has 0 saturated carbocycles. The molecule has 0 radical (unpaired) electrons. The molecule has 0 bridgehead atoms. The summed E-state index contributed by atoms with van der Waals surface area (Å²) in [4.78, 5) is 4.24. The Labute approximate surface area is 119 Å². The van der Waals surface area contributed by atoms with Crippen LogP contribution in [0.4, 0.5) is 0 Å². The molecule has 1 aromatic heterocycles. The first-order valence-electron chi connectivity index (χ1n) is 7.20. The van der Waals surface area contributed by atoms with Crippen LogP contribution in [0, 0.1) is 0 Å². The summed E-state index contributed by atoms with van der Waals surface area (Å²) in [6, 6.07) is 9.96. The first-order valence-corrected chi connectivity index (χ1v) is 7.20. The molecule has 104 valence electrons. The first-order chi connectivity index (χ1) is 9.76. The molecule has 0 fully saturated rings. The number of ether oxygens (including phenoxy) is 1. The molecule has 1 N–H and O–H groups in total. The zero-order chi connectivity index (χ0) is 13.9. The van der Waals surface area contributed by atoms with Gasteiger partial charge in [0.25, 0.3) is 0 Å². The topological polar surface area (TPSA) is 42.4 Å². The molecule has 1 heterocycles. The maximum atomic E-state index is 9.71. The van der Waals surface area contributed by atoms with Crippen LogP contribution in [0.1, 0.15) is 42.7 Å². The van der Waals surface area contributed by atoms with Gasteiger partial charge in [0.15, 0.2) is 0 Å². The highest BCUT2D eigenvalue weighted by Gasteiger charge is 2.12. The lowest BCUT2D eigenvalue weighted by molar-refractivity contribution is 0.169. The highest BCUT2D eigenvalue weighted by Crippen LogP contribution is 2.29. The van der Waals surface area contributed by atoms with Gasteiger partial charge in [-0.05, 0) is 61.1 Å². The van der Waals surface area contributed by atoms with Gasteiger partial charge in [-0.15, -0.1) is 0 Å².